The van der Waals surface area contributed by atoms with Crippen molar-refractivity contribution < 1.29 is 22.6 Å². The number of morpholine rings is 1. The van der Waals surface area contributed by atoms with Crippen LogP contribution in [0.5, 0.6) is 5.75 Å². The van der Waals surface area contributed by atoms with Crippen LogP contribution in [0.2, 0.25) is 0 Å². The highest BCUT2D eigenvalue weighted by atomic mass is 19.2. The Morgan fingerprint density at radius 2 is 1.96 bits per heavy atom. The molecule has 2 aromatic carbocycles. The second-order valence-electron chi connectivity index (χ2n) is 5.26. The molecule has 0 radical (unpaired) electrons. The Kier molecular flexibility index (Phi) is 4.83. The van der Waals surface area contributed by atoms with Crippen molar-refractivity contribution >= 4 is 0 Å². The summed E-state index contributed by atoms with van der Waals surface area (Å²) in [4.78, 5) is 0. The normalized spacial score (nSPS) is 19.3. The zero-order valence-electron chi connectivity index (χ0n) is 12.3. The third-order valence-corrected chi connectivity index (χ3v) is 3.64. The van der Waals surface area contributed by atoms with Crippen LogP contribution in [0.1, 0.15) is 11.7 Å². The maximum atomic E-state index is 13.9. The van der Waals surface area contributed by atoms with E-state index in [4.69, 9.17) is 9.47 Å². The zero-order chi connectivity index (χ0) is 16.2. The summed E-state index contributed by atoms with van der Waals surface area (Å²) in [5, 5.41) is 3.14. The maximum absolute atomic E-state index is 13.9. The number of hydrogen-bond donors (Lipinski definition) is 1. The molecule has 0 saturated carbocycles. The van der Waals surface area contributed by atoms with Crippen LogP contribution < -0.4 is 10.1 Å². The third kappa shape index (κ3) is 3.65. The molecule has 2 atom stereocenters. The van der Waals surface area contributed by atoms with Gasteiger partial charge in [-0.05, 0) is 29.8 Å². The van der Waals surface area contributed by atoms with Gasteiger partial charge in [0.1, 0.15) is 11.9 Å². The zero-order valence-corrected chi connectivity index (χ0v) is 12.3. The van der Waals surface area contributed by atoms with Gasteiger partial charge in [0.15, 0.2) is 17.7 Å². The lowest BCUT2D eigenvalue weighted by Crippen LogP contribution is -2.43. The van der Waals surface area contributed by atoms with Crippen LogP contribution in [0.3, 0.4) is 0 Å². The minimum Gasteiger partial charge on any atom is -0.480 e. The fourth-order valence-corrected chi connectivity index (χ4v) is 2.53. The second-order valence-corrected chi connectivity index (χ2v) is 5.26. The molecule has 1 aliphatic rings. The summed E-state index contributed by atoms with van der Waals surface area (Å²) < 4.78 is 52.1. The second kappa shape index (κ2) is 7.02. The van der Waals surface area contributed by atoms with Crippen molar-refractivity contribution in [1.29, 1.82) is 0 Å². The molecule has 2 aromatic rings. The van der Waals surface area contributed by atoms with E-state index in [1.165, 1.54) is 24.3 Å². The van der Waals surface area contributed by atoms with Crippen LogP contribution in [-0.2, 0) is 4.74 Å². The highest BCUT2D eigenvalue weighted by molar-refractivity contribution is 5.28. The van der Waals surface area contributed by atoms with E-state index < -0.39 is 29.7 Å². The predicted octanol–water partition coefficient (Wildman–Crippen LogP) is 3.21. The number of rotatable bonds is 4. The van der Waals surface area contributed by atoms with Crippen molar-refractivity contribution in [3.8, 4) is 5.75 Å². The third-order valence-electron chi connectivity index (χ3n) is 3.64. The molecule has 3 rings (SSSR count). The lowest BCUT2D eigenvalue weighted by atomic mass is 10.0. The summed E-state index contributed by atoms with van der Waals surface area (Å²) in [5.41, 5.74) is 0.502. The molecule has 1 fully saturated rings. The smallest absolute Gasteiger partial charge is 0.200 e. The first-order valence-corrected chi connectivity index (χ1v) is 7.33. The molecule has 122 valence electrons. The Bertz CT molecular complexity index is 675. The van der Waals surface area contributed by atoms with Gasteiger partial charge in [-0.3, -0.25) is 0 Å². The molecule has 0 amide bonds. The summed E-state index contributed by atoms with van der Waals surface area (Å²) in [6.45, 7) is 1.63. The average molecular weight is 323 g/mol. The van der Waals surface area contributed by atoms with Gasteiger partial charge in [0.2, 0.25) is 5.82 Å². The van der Waals surface area contributed by atoms with Crippen molar-refractivity contribution in [2.24, 2.45) is 0 Å². The summed E-state index contributed by atoms with van der Waals surface area (Å²) in [5.74, 6) is -2.73. The molecule has 3 nitrogen and oxygen atoms in total. The van der Waals surface area contributed by atoms with E-state index in [1.807, 2.05) is 0 Å². The van der Waals surface area contributed by atoms with Gasteiger partial charge in [-0.25, -0.2) is 8.78 Å². The number of ether oxygens (including phenoxy) is 2. The first-order chi connectivity index (χ1) is 11.1. The van der Waals surface area contributed by atoms with Gasteiger partial charge < -0.3 is 14.8 Å². The Hall–Kier alpha value is -2.05. The number of hydrogen-bond acceptors (Lipinski definition) is 3. The van der Waals surface area contributed by atoms with E-state index >= 15 is 0 Å². The SMILES string of the molecule is Fc1cccc(C(Oc2cccc(F)c2F)[C@@H]2CNCCO2)c1. The molecule has 0 aromatic heterocycles. The quantitative estimate of drug-likeness (QED) is 0.937. The van der Waals surface area contributed by atoms with Gasteiger partial charge in [-0.2, -0.15) is 4.39 Å². The van der Waals surface area contributed by atoms with Crippen molar-refractivity contribution in [1.82, 2.24) is 5.32 Å². The topological polar surface area (TPSA) is 30.5 Å². The molecule has 1 N–H and O–H groups in total. The summed E-state index contributed by atoms with van der Waals surface area (Å²) in [6.07, 6.45) is -1.19. The standard InChI is InChI=1S/C17H16F3NO2/c18-12-4-1-3-11(9-12)17(15-10-21-7-8-22-15)23-14-6-2-5-13(19)16(14)20/h1-6,9,15,17,21H,7-8,10H2/t15-,17?/m0/s1. The Labute approximate surface area is 132 Å². The van der Waals surface area contributed by atoms with Crippen LogP contribution in [0.15, 0.2) is 42.5 Å². The Balaban J connectivity index is 1.92. The molecule has 0 spiro atoms. The highest BCUT2D eigenvalue weighted by Gasteiger charge is 2.29. The predicted molar refractivity (Wildman–Crippen MR) is 78.7 cm³/mol. The van der Waals surface area contributed by atoms with E-state index in [9.17, 15) is 13.2 Å². The van der Waals surface area contributed by atoms with Crippen molar-refractivity contribution in [2.75, 3.05) is 19.7 Å². The number of benzene rings is 2. The van der Waals surface area contributed by atoms with Crippen molar-refractivity contribution in [3.05, 3.63) is 65.5 Å². The molecule has 1 unspecified atom stereocenters. The summed E-state index contributed by atoms with van der Waals surface area (Å²) in [6, 6.07) is 9.53. The minimum absolute atomic E-state index is 0.228. The molecule has 1 aliphatic heterocycles. The molecule has 0 bridgehead atoms. The highest BCUT2D eigenvalue weighted by Crippen LogP contribution is 2.30. The Morgan fingerprint density at radius 1 is 1.13 bits per heavy atom. The number of nitrogens with one attached hydrogen (secondary N) is 1. The molecule has 1 saturated heterocycles. The van der Waals surface area contributed by atoms with E-state index in [1.54, 1.807) is 12.1 Å². The van der Waals surface area contributed by atoms with Crippen LogP contribution in [-0.4, -0.2) is 25.8 Å². The molecule has 1 heterocycles. The lowest BCUT2D eigenvalue weighted by molar-refractivity contribution is -0.0444. The van der Waals surface area contributed by atoms with Crippen molar-refractivity contribution in [2.45, 2.75) is 12.2 Å². The molecule has 0 aliphatic carbocycles. The summed E-state index contributed by atoms with van der Waals surface area (Å²) >= 11 is 0. The minimum atomic E-state index is -1.07. The van der Waals surface area contributed by atoms with Gasteiger partial charge >= 0.3 is 0 Å². The average Bonchev–Trinajstić information content (AvgIpc) is 2.57. The van der Waals surface area contributed by atoms with E-state index in [2.05, 4.69) is 5.32 Å². The van der Waals surface area contributed by atoms with Crippen LogP contribution >= 0.6 is 0 Å². The first kappa shape index (κ1) is 15.8. The van der Waals surface area contributed by atoms with Gasteiger partial charge in [0, 0.05) is 13.1 Å². The van der Waals surface area contributed by atoms with E-state index in [0.29, 0.717) is 25.3 Å². The number of halogens is 3. The summed E-state index contributed by atoms with van der Waals surface area (Å²) in [7, 11) is 0. The van der Waals surface area contributed by atoms with Gasteiger partial charge in [0.05, 0.1) is 6.61 Å². The first-order valence-electron chi connectivity index (χ1n) is 7.33. The molecule has 6 heteroatoms. The van der Waals surface area contributed by atoms with E-state index in [-0.39, 0.29) is 5.75 Å². The van der Waals surface area contributed by atoms with Gasteiger partial charge in [0.25, 0.3) is 0 Å². The fraction of sp³-hybridized carbons (Fsp3) is 0.294. The fourth-order valence-electron chi connectivity index (χ4n) is 2.53. The largest absolute Gasteiger partial charge is 0.480 e. The molecule has 23 heavy (non-hydrogen) atoms. The lowest BCUT2D eigenvalue weighted by Gasteiger charge is -2.31. The maximum Gasteiger partial charge on any atom is 0.200 e. The monoisotopic (exact) mass is 323 g/mol. The van der Waals surface area contributed by atoms with Crippen LogP contribution in [0.4, 0.5) is 13.2 Å². The van der Waals surface area contributed by atoms with Crippen molar-refractivity contribution in [3.63, 3.8) is 0 Å². The van der Waals surface area contributed by atoms with E-state index in [0.717, 1.165) is 6.07 Å². The van der Waals surface area contributed by atoms with Gasteiger partial charge in [-0.15, -0.1) is 0 Å². The van der Waals surface area contributed by atoms with Crippen LogP contribution in [0, 0.1) is 17.5 Å². The van der Waals surface area contributed by atoms with Gasteiger partial charge in [-0.1, -0.05) is 18.2 Å². The van der Waals surface area contributed by atoms with Crippen LogP contribution in [0.25, 0.3) is 0 Å². The molecular formula is C17H16F3NO2. The Morgan fingerprint density at radius 3 is 2.70 bits per heavy atom. The molecular weight excluding hydrogens is 307 g/mol.